The van der Waals surface area contributed by atoms with Gasteiger partial charge in [0.25, 0.3) is 0 Å². The van der Waals surface area contributed by atoms with Gasteiger partial charge in [0.15, 0.2) is 5.78 Å². The number of nitrogens with zero attached hydrogens (tertiary/aromatic N) is 1. The van der Waals surface area contributed by atoms with E-state index in [2.05, 4.69) is 22.0 Å². The molecule has 1 atom stereocenters. The van der Waals surface area contributed by atoms with Gasteiger partial charge in [0.05, 0.1) is 12.7 Å². The van der Waals surface area contributed by atoms with Gasteiger partial charge in [-0.25, -0.2) is 0 Å². The third-order valence-corrected chi connectivity index (χ3v) is 4.04. The van der Waals surface area contributed by atoms with E-state index in [-0.39, 0.29) is 5.78 Å². The largest absolute Gasteiger partial charge is 0.493 e. The average molecular weight is 342 g/mol. The molecular formula is C17H12BrNO2. The minimum atomic E-state index is -0.789. The van der Waals surface area contributed by atoms with E-state index in [1.165, 1.54) is 0 Å². The highest BCUT2D eigenvalue weighted by Gasteiger charge is 2.23. The van der Waals surface area contributed by atoms with Crippen molar-refractivity contribution in [3.8, 4) is 11.8 Å². The molecule has 0 saturated carbocycles. The van der Waals surface area contributed by atoms with E-state index in [1.54, 1.807) is 12.1 Å². The van der Waals surface area contributed by atoms with Gasteiger partial charge in [-0.2, -0.15) is 5.26 Å². The monoisotopic (exact) mass is 341 g/mol. The fourth-order valence-electron chi connectivity index (χ4n) is 2.48. The van der Waals surface area contributed by atoms with Crippen LogP contribution in [-0.2, 0) is 6.42 Å². The van der Waals surface area contributed by atoms with Crippen LogP contribution in [0.3, 0.4) is 0 Å². The molecule has 0 aliphatic carbocycles. The molecule has 3 nitrogen and oxygen atoms in total. The number of ether oxygens (including phenoxy) is 1. The van der Waals surface area contributed by atoms with Crippen LogP contribution in [0.2, 0.25) is 0 Å². The van der Waals surface area contributed by atoms with Crippen LogP contribution < -0.4 is 4.74 Å². The Morgan fingerprint density at radius 2 is 2.14 bits per heavy atom. The van der Waals surface area contributed by atoms with E-state index in [1.807, 2.05) is 30.3 Å². The Morgan fingerprint density at radius 3 is 2.90 bits per heavy atom. The second-order valence-corrected chi connectivity index (χ2v) is 5.82. The standard InChI is InChI=1S/C17H12BrNO2/c18-14-3-1-2-11(9-14)15(10-19)17(20)13-4-5-16-12(8-13)6-7-21-16/h1-5,8-9,15H,6-7H2. The van der Waals surface area contributed by atoms with Crippen molar-refractivity contribution in [2.45, 2.75) is 12.3 Å². The highest BCUT2D eigenvalue weighted by Crippen LogP contribution is 2.29. The molecule has 0 fully saturated rings. The molecule has 0 N–H and O–H groups in total. The maximum atomic E-state index is 12.6. The lowest BCUT2D eigenvalue weighted by Crippen LogP contribution is -2.11. The van der Waals surface area contributed by atoms with E-state index in [0.717, 1.165) is 22.2 Å². The van der Waals surface area contributed by atoms with Crippen molar-refractivity contribution in [2.24, 2.45) is 0 Å². The summed E-state index contributed by atoms with van der Waals surface area (Å²) in [5, 5.41) is 9.38. The maximum Gasteiger partial charge on any atom is 0.184 e. The van der Waals surface area contributed by atoms with E-state index >= 15 is 0 Å². The van der Waals surface area contributed by atoms with Crippen molar-refractivity contribution >= 4 is 21.7 Å². The lowest BCUT2D eigenvalue weighted by Gasteiger charge is -2.10. The predicted molar refractivity (Wildman–Crippen MR) is 82.5 cm³/mol. The van der Waals surface area contributed by atoms with Gasteiger partial charge in [-0.05, 0) is 41.5 Å². The van der Waals surface area contributed by atoms with Gasteiger partial charge >= 0.3 is 0 Å². The van der Waals surface area contributed by atoms with Crippen LogP contribution >= 0.6 is 15.9 Å². The first kappa shape index (κ1) is 13.8. The molecule has 0 amide bonds. The lowest BCUT2D eigenvalue weighted by molar-refractivity contribution is 0.0979. The Bertz CT molecular complexity index is 749. The summed E-state index contributed by atoms with van der Waals surface area (Å²) in [5.41, 5.74) is 2.30. The average Bonchev–Trinajstić information content (AvgIpc) is 2.95. The normalized spacial score (nSPS) is 13.9. The molecule has 21 heavy (non-hydrogen) atoms. The molecule has 104 valence electrons. The summed E-state index contributed by atoms with van der Waals surface area (Å²) in [6, 6.07) is 14.8. The predicted octanol–water partition coefficient (Wildman–Crippen LogP) is 3.87. The van der Waals surface area contributed by atoms with Crippen molar-refractivity contribution in [3.05, 3.63) is 63.6 Å². The molecule has 1 aliphatic heterocycles. The number of hydrogen-bond donors (Lipinski definition) is 0. The summed E-state index contributed by atoms with van der Waals surface area (Å²) >= 11 is 3.37. The molecular weight excluding hydrogens is 330 g/mol. The first-order valence-corrected chi connectivity index (χ1v) is 7.43. The molecule has 0 aromatic heterocycles. The Labute approximate surface area is 131 Å². The molecule has 0 saturated heterocycles. The van der Waals surface area contributed by atoms with Crippen molar-refractivity contribution in [3.63, 3.8) is 0 Å². The third kappa shape index (κ3) is 2.70. The zero-order chi connectivity index (χ0) is 14.8. The third-order valence-electron chi connectivity index (χ3n) is 3.55. The van der Waals surface area contributed by atoms with Crippen molar-refractivity contribution < 1.29 is 9.53 Å². The molecule has 2 aromatic rings. The smallest absolute Gasteiger partial charge is 0.184 e. The van der Waals surface area contributed by atoms with Gasteiger partial charge < -0.3 is 4.74 Å². The number of ketones is 1. The van der Waals surface area contributed by atoms with Gasteiger partial charge in [0, 0.05) is 16.5 Å². The van der Waals surface area contributed by atoms with Crippen LogP contribution in [0.15, 0.2) is 46.9 Å². The van der Waals surface area contributed by atoms with Crippen LogP contribution in [0.25, 0.3) is 0 Å². The quantitative estimate of drug-likeness (QED) is 0.796. The molecule has 1 unspecified atom stereocenters. The van der Waals surface area contributed by atoms with Crippen molar-refractivity contribution in [2.75, 3.05) is 6.61 Å². The summed E-state index contributed by atoms with van der Waals surface area (Å²) in [4.78, 5) is 12.6. The van der Waals surface area contributed by atoms with Crippen molar-refractivity contribution in [1.29, 1.82) is 5.26 Å². The van der Waals surface area contributed by atoms with Gasteiger partial charge in [-0.3, -0.25) is 4.79 Å². The summed E-state index contributed by atoms with van der Waals surface area (Å²) in [5.74, 6) is -0.129. The molecule has 1 aliphatic rings. The fourth-order valence-corrected chi connectivity index (χ4v) is 2.89. The Hall–Kier alpha value is -2.12. The summed E-state index contributed by atoms with van der Waals surface area (Å²) < 4.78 is 6.29. The highest BCUT2D eigenvalue weighted by molar-refractivity contribution is 9.10. The zero-order valence-electron chi connectivity index (χ0n) is 11.2. The first-order chi connectivity index (χ1) is 10.2. The highest BCUT2D eigenvalue weighted by atomic mass is 79.9. The van der Waals surface area contributed by atoms with Crippen LogP contribution in [0.1, 0.15) is 27.4 Å². The Balaban J connectivity index is 1.95. The number of fused-ring (bicyclic) bond motifs is 1. The molecule has 1 heterocycles. The van der Waals surface area contributed by atoms with Crippen LogP contribution in [0, 0.1) is 11.3 Å². The van der Waals surface area contributed by atoms with E-state index in [0.29, 0.717) is 17.7 Å². The van der Waals surface area contributed by atoms with E-state index in [4.69, 9.17) is 4.74 Å². The first-order valence-electron chi connectivity index (χ1n) is 6.64. The van der Waals surface area contributed by atoms with Crippen LogP contribution in [0.4, 0.5) is 0 Å². The number of carbonyl (C=O) groups excluding carboxylic acids is 1. The number of halogens is 1. The topological polar surface area (TPSA) is 50.1 Å². The SMILES string of the molecule is N#CC(C(=O)c1ccc2c(c1)CCO2)c1cccc(Br)c1. The lowest BCUT2D eigenvalue weighted by atomic mass is 9.91. The summed E-state index contributed by atoms with van der Waals surface area (Å²) in [7, 11) is 0. The molecule has 0 bridgehead atoms. The molecule has 3 rings (SSSR count). The van der Waals surface area contributed by atoms with Crippen LogP contribution in [0.5, 0.6) is 5.75 Å². The van der Waals surface area contributed by atoms with E-state index < -0.39 is 5.92 Å². The van der Waals surface area contributed by atoms with Gasteiger partial charge in [-0.1, -0.05) is 28.1 Å². The maximum absolute atomic E-state index is 12.6. The Kier molecular flexibility index (Phi) is 3.76. The van der Waals surface area contributed by atoms with Crippen molar-refractivity contribution in [1.82, 2.24) is 0 Å². The minimum absolute atomic E-state index is 0.176. The minimum Gasteiger partial charge on any atom is -0.493 e. The molecule has 2 aromatic carbocycles. The number of rotatable bonds is 3. The number of carbonyl (C=O) groups is 1. The number of benzene rings is 2. The summed E-state index contributed by atoms with van der Waals surface area (Å²) in [6.45, 7) is 0.653. The zero-order valence-corrected chi connectivity index (χ0v) is 12.8. The fraction of sp³-hybridized carbons (Fsp3) is 0.176. The number of nitriles is 1. The van der Waals surface area contributed by atoms with Gasteiger partial charge in [-0.15, -0.1) is 0 Å². The second kappa shape index (κ2) is 5.71. The molecule has 0 spiro atoms. The van der Waals surface area contributed by atoms with Gasteiger partial charge in [0.2, 0.25) is 0 Å². The molecule has 0 radical (unpaired) electrons. The Morgan fingerprint density at radius 1 is 1.29 bits per heavy atom. The molecule has 4 heteroatoms. The number of Topliss-reactive ketones (excluding diaryl/α,β-unsaturated/α-hetero) is 1. The summed E-state index contributed by atoms with van der Waals surface area (Å²) in [6.07, 6.45) is 0.810. The van der Waals surface area contributed by atoms with Gasteiger partial charge in [0.1, 0.15) is 11.7 Å². The second-order valence-electron chi connectivity index (χ2n) is 4.90. The number of hydrogen-bond acceptors (Lipinski definition) is 3. The van der Waals surface area contributed by atoms with Crippen LogP contribution in [-0.4, -0.2) is 12.4 Å². The van der Waals surface area contributed by atoms with E-state index in [9.17, 15) is 10.1 Å².